The minimum absolute atomic E-state index is 0.116. The van der Waals surface area contributed by atoms with Crippen LogP contribution in [0.3, 0.4) is 0 Å². The summed E-state index contributed by atoms with van der Waals surface area (Å²) in [7, 11) is 0. The lowest BCUT2D eigenvalue weighted by Crippen LogP contribution is -2.41. The fraction of sp³-hybridized carbons (Fsp3) is 0.300. The maximum absolute atomic E-state index is 13.1. The standard InChI is InChI=1S/C20H22N4O/c25-20(23-12-4-8-18(15-23)24-13-10-21-16-24)19-9-5-11-22(19)14-17-6-2-1-3-7-17/h1-3,5-7,9-11,13,16,18H,4,8,12,14-15H2. The fourth-order valence-electron chi connectivity index (χ4n) is 3.56. The molecule has 0 radical (unpaired) electrons. The Hall–Kier alpha value is -2.82. The smallest absolute Gasteiger partial charge is 0.270 e. The van der Waals surface area contributed by atoms with Crippen LogP contribution in [0.15, 0.2) is 67.4 Å². The highest BCUT2D eigenvalue weighted by Crippen LogP contribution is 2.23. The number of carbonyl (C=O) groups excluding carboxylic acids is 1. The highest BCUT2D eigenvalue weighted by molar-refractivity contribution is 5.92. The van der Waals surface area contributed by atoms with E-state index < -0.39 is 0 Å². The van der Waals surface area contributed by atoms with Gasteiger partial charge in [0.2, 0.25) is 0 Å². The fourth-order valence-corrected chi connectivity index (χ4v) is 3.56. The van der Waals surface area contributed by atoms with Gasteiger partial charge in [0.1, 0.15) is 5.69 Å². The largest absolute Gasteiger partial charge is 0.339 e. The summed E-state index contributed by atoms with van der Waals surface area (Å²) in [4.78, 5) is 19.2. The van der Waals surface area contributed by atoms with Crippen molar-refractivity contribution in [1.82, 2.24) is 19.0 Å². The Kier molecular flexibility index (Phi) is 4.37. The minimum atomic E-state index is 0.116. The van der Waals surface area contributed by atoms with Crippen LogP contribution in [0, 0.1) is 0 Å². The Morgan fingerprint density at radius 3 is 2.80 bits per heavy atom. The molecule has 1 aliphatic heterocycles. The van der Waals surface area contributed by atoms with E-state index in [1.165, 1.54) is 5.56 Å². The van der Waals surface area contributed by atoms with Crippen LogP contribution in [0.5, 0.6) is 0 Å². The average molecular weight is 334 g/mol. The molecule has 3 heterocycles. The summed E-state index contributed by atoms with van der Waals surface area (Å²) in [5, 5.41) is 0. The number of hydrogen-bond donors (Lipinski definition) is 0. The number of hydrogen-bond acceptors (Lipinski definition) is 2. The van der Waals surface area contributed by atoms with Gasteiger partial charge in [0.15, 0.2) is 0 Å². The molecule has 4 rings (SSSR count). The van der Waals surface area contributed by atoms with Crippen LogP contribution < -0.4 is 0 Å². The van der Waals surface area contributed by atoms with Gasteiger partial charge < -0.3 is 14.0 Å². The van der Waals surface area contributed by atoms with Crippen molar-refractivity contribution in [2.45, 2.75) is 25.4 Å². The van der Waals surface area contributed by atoms with Gasteiger partial charge in [-0.1, -0.05) is 30.3 Å². The Bertz CT molecular complexity index is 823. The van der Waals surface area contributed by atoms with Crippen molar-refractivity contribution in [3.05, 3.63) is 78.6 Å². The summed E-state index contributed by atoms with van der Waals surface area (Å²) in [6.07, 6.45) is 9.72. The van der Waals surface area contributed by atoms with Crippen molar-refractivity contribution in [3.8, 4) is 0 Å². The zero-order chi connectivity index (χ0) is 17.1. The Morgan fingerprint density at radius 2 is 2.00 bits per heavy atom. The van der Waals surface area contributed by atoms with Crippen molar-refractivity contribution in [3.63, 3.8) is 0 Å². The molecular weight excluding hydrogens is 312 g/mol. The summed E-state index contributed by atoms with van der Waals surface area (Å²) in [5.74, 6) is 0.116. The maximum atomic E-state index is 13.1. The van der Waals surface area contributed by atoms with Crippen molar-refractivity contribution in [1.29, 1.82) is 0 Å². The van der Waals surface area contributed by atoms with Gasteiger partial charge >= 0.3 is 0 Å². The molecule has 5 nitrogen and oxygen atoms in total. The van der Waals surface area contributed by atoms with Crippen molar-refractivity contribution < 1.29 is 4.79 Å². The molecular formula is C20H22N4O. The SMILES string of the molecule is O=C(c1cccn1Cc1ccccc1)N1CCCC(n2ccnc2)C1. The van der Waals surface area contributed by atoms with Crippen LogP contribution in [0.2, 0.25) is 0 Å². The second kappa shape index (κ2) is 6.97. The second-order valence-electron chi connectivity index (χ2n) is 6.56. The predicted molar refractivity (Wildman–Crippen MR) is 96.4 cm³/mol. The molecule has 1 aliphatic rings. The van der Waals surface area contributed by atoms with E-state index in [1.807, 2.05) is 58.5 Å². The third-order valence-electron chi connectivity index (χ3n) is 4.87. The van der Waals surface area contributed by atoms with Crippen LogP contribution in [0.4, 0.5) is 0 Å². The first-order valence-electron chi connectivity index (χ1n) is 8.77. The summed E-state index contributed by atoms with van der Waals surface area (Å²) < 4.78 is 4.15. The van der Waals surface area contributed by atoms with Gasteiger partial charge in [-0.15, -0.1) is 0 Å². The van der Waals surface area contributed by atoms with E-state index >= 15 is 0 Å². The van der Waals surface area contributed by atoms with Crippen molar-refractivity contribution >= 4 is 5.91 Å². The molecule has 0 spiro atoms. The van der Waals surface area contributed by atoms with Crippen molar-refractivity contribution in [2.75, 3.05) is 13.1 Å². The predicted octanol–water partition coefficient (Wildman–Crippen LogP) is 3.21. The van der Waals surface area contributed by atoms with E-state index in [0.717, 1.165) is 31.6 Å². The molecule has 5 heteroatoms. The third kappa shape index (κ3) is 3.36. The monoisotopic (exact) mass is 334 g/mol. The van der Waals surface area contributed by atoms with Gasteiger partial charge in [-0.2, -0.15) is 0 Å². The molecule has 2 aromatic heterocycles. The molecule has 1 saturated heterocycles. The van der Waals surface area contributed by atoms with E-state index in [9.17, 15) is 4.79 Å². The Balaban J connectivity index is 1.50. The van der Waals surface area contributed by atoms with Gasteiger partial charge in [-0.05, 0) is 30.5 Å². The number of imidazole rings is 1. The summed E-state index contributed by atoms with van der Waals surface area (Å²) in [6, 6.07) is 14.4. The Morgan fingerprint density at radius 1 is 1.12 bits per heavy atom. The van der Waals surface area contributed by atoms with E-state index in [-0.39, 0.29) is 5.91 Å². The van der Waals surface area contributed by atoms with Gasteiger partial charge in [0.25, 0.3) is 5.91 Å². The Labute approximate surface area is 147 Å². The summed E-state index contributed by atoms with van der Waals surface area (Å²) in [5.41, 5.74) is 1.96. The maximum Gasteiger partial charge on any atom is 0.270 e. The quantitative estimate of drug-likeness (QED) is 0.735. The normalized spacial score (nSPS) is 17.6. The molecule has 3 aromatic rings. The lowest BCUT2D eigenvalue weighted by molar-refractivity contribution is 0.0669. The summed E-state index contributed by atoms with van der Waals surface area (Å²) >= 11 is 0. The first-order valence-corrected chi connectivity index (χ1v) is 8.77. The molecule has 1 aromatic carbocycles. The van der Waals surface area contributed by atoms with Gasteiger partial charge in [0.05, 0.1) is 12.4 Å². The van der Waals surface area contributed by atoms with Gasteiger partial charge in [0, 0.05) is 38.2 Å². The van der Waals surface area contributed by atoms with Crippen LogP contribution in [-0.2, 0) is 6.54 Å². The van der Waals surface area contributed by atoms with Gasteiger partial charge in [-0.3, -0.25) is 4.79 Å². The molecule has 1 amide bonds. The molecule has 1 fully saturated rings. The number of carbonyl (C=O) groups is 1. The van der Waals surface area contributed by atoms with Crippen molar-refractivity contribution in [2.24, 2.45) is 0 Å². The first kappa shape index (κ1) is 15.7. The molecule has 1 atom stereocenters. The zero-order valence-corrected chi connectivity index (χ0v) is 14.2. The van der Waals surface area contributed by atoms with Crippen LogP contribution >= 0.6 is 0 Å². The molecule has 0 aliphatic carbocycles. The number of piperidine rings is 1. The lowest BCUT2D eigenvalue weighted by atomic mass is 10.1. The summed E-state index contributed by atoms with van der Waals surface area (Å²) in [6.45, 7) is 2.28. The molecule has 0 bridgehead atoms. The number of benzene rings is 1. The van der Waals surface area contributed by atoms with Gasteiger partial charge in [-0.25, -0.2) is 4.98 Å². The lowest BCUT2D eigenvalue weighted by Gasteiger charge is -2.33. The zero-order valence-electron chi connectivity index (χ0n) is 14.2. The van der Waals surface area contributed by atoms with E-state index in [2.05, 4.69) is 21.7 Å². The second-order valence-corrected chi connectivity index (χ2v) is 6.56. The first-order chi connectivity index (χ1) is 12.3. The average Bonchev–Trinajstić information content (AvgIpc) is 3.34. The topological polar surface area (TPSA) is 43.1 Å². The van der Waals surface area contributed by atoms with Crippen LogP contribution in [0.25, 0.3) is 0 Å². The number of nitrogens with zero attached hydrogens (tertiary/aromatic N) is 4. The van der Waals surface area contributed by atoms with Crippen LogP contribution in [0.1, 0.15) is 34.9 Å². The van der Waals surface area contributed by atoms with E-state index in [4.69, 9.17) is 0 Å². The molecule has 25 heavy (non-hydrogen) atoms. The number of amides is 1. The number of aromatic nitrogens is 3. The highest BCUT2D eigenvalue weighted by Gasteiger charge is 2.26. The molecule has 0 N–H and O–H groups in total. The third-order valence-corrected chi connectivity index (χ3v) is 4.87. The highest BCUT2D eigenvalue weighted by atomic mass is 16.2. The van der Waals surface area contributed by atoms with Crippen LogP contribution in [-0.4, -0.2) is 38.0 Å². The molecule has 1 unspecified atom stereocenters. The molecule has 128 valence electrons. The van der Waals surface area contributed by atoms with E-state index in [0.29, 0.717) is 12.6 Å². The molecule has 0 saturated carbocycles. The number of rotatable bonds is 4. The van der Waals surface area contributed by atoms with E-state index in [1.54, 1.807) is 6.20 Å². The minimum Gasteiger partial charge on any atom is -0.339 e. The number of likely N-dealkylation sites (tertiary alicyclic amines) is 1.